The van der Waals surface area contributed by atoms with Crippen molar-refractivity contribution in [2.24, 2.45) is 0 Å². The third-order valence-electron chi connectivity index (χ3n) is 6.66. The molecule has 0 spiro atoms. The Morgan fingerprint density at radius 1 is 1.09 bits per heavy atom. The molecule has 0 aliphatic carbocycles. The topological polar surface area (TPSA) is 72.3 Å². The third-order valence-corrected chi connectivity index (χ3v) is 6.66. The zero-order chi connectivity index (χ0) is 24.7. The van der Waals surface area contributed by atoms with Gasteiger partial charge in [0.1, 0.15) is 11.8 Å². The molecule has 9 heteroatoms. The van der Waals surface area contributed by atoms with Crippen LogP contribution in [0, 0.1) is 11.3 Å². The van der Waals surface area contributed by atoms with Crippen LogP contribution in [0.5, 0.6) is 0 Å². The number of piperidine rings is 1. The number of carbonyl (C=O) groups is 1. The second-order valence-corrected chi connectivity index (χ2v) is 8.74. The maximum Gasteiger partial charge on any atom is 0.471 e. The van der Waals surface area contributed by atoms with Gasteiger partial charge in [0.15, 0.2) is 0 Å². The summed E-state index contributed by atoms with van der Waals surface area (Å²) in [6, 6.07) is 20.4. The highest BCUT2D eigenvalue weighted by molar-refractivity contribution is 5.85. The molecule has 2 aliphatic rings. The first kappa shape index (κ1) is 22.7. The molecule has 2 atom stereocenters. The Labute approximate surface area is 200 Å². The molecule has 0 bridgehead atoms. The molecule has 3 aromatic rings. The summed E-state index contributed by atoms with van der Waals surface area (Å²) < 4.78 is 38.6. The summed E-state index contributed by atoms with van der Waals surface area (Å²) >= 11 is 0. The van der Waals surface area contributed by atoms with Crippen LogP contribution in [0.15, 0.2) is 60.7 Å². The van der Waals surface area contributed by atoms with Gasteiger partial charge < -0.3 is 15.1 Å². The van der Waals surface area contributed by atoms with Crippen LogP contribution < -0.4 is 15.1 Å². The van der Waals surface area contributed by atoms with Crippen LogP contribution in [0.1, 0.15) is 30.1 Å². The Morgan fingerprint density at radius 2 is 1.89 bits per heavy atom. The van der Waals surface area contributed by atoms with E-state index in [2.05, 4.69) is 26.2 Å². The van der Waals surface area contributed by atoms with Gasteiger partial charge in [-0.25, -0.2) is 4.98 Å². The van der Waals surface area contributed by atoms with Gasteiger partial charge in [0.25, 0.3) is 0 Å². The lowest BCUT2D eigenvalue weighted by molar-refractivity contribution is -0.174. The van der Waals surface area contributed by atoms with Crippen molar-refractivity contribution in [2.75, 3.05) is 23.4 Å². The van der Waals surface area contributed by atoms with Crippen LogP contribution in [0.4, 0.5) is 30.2 Å². The van der Waals surface area contributed by atoms with Crippen LogP contribution in [-0.4, -0.2) is 36.7 Å². The number of benzene rings is 2. The highest BCUT2D eigenvalue weighted by Gasteiger charge is 2.42. The number of nitrogens with one attached hydrogen (secondary N) is 1. The average molecular weight is 477 g/mol. The van der Waals surface area contributed by atoms with Crippen molar-refractivity contribution in [1.82, 2.24) is 10.3 Å². The van der Waals surface area contributed by atoms with Crippen LogP contribution in [0.25, 0.3) is 11.3 Å². The van der Waals surface area contributed by atoms with E-state index in [0.29, 0.717) is 30.8 Å². The monoisotopic (exact) mass is 477 g/mol. The van der Waals surface area contributed by atoms with Crippen molar-refractivity contribution in [2.45, 2.75) is 31.1 Å². The summed E-state index contributed by atoms with van der Waals surface area (Å²) in [5.74, 6) is -1.90. The van der Waals surface area contributed by atoms with Crippen molar-refractivity contribution in [1.29, 1.82) is 5.26 Å². The Morgan fingerprint density at radius 3 is 2.66 bits per heavy atom. The number of aromatic nitrogens is 1. The SMILES string of the molecule is CN1c2ccccc2C2CC(NC(=O)C(F)(F)F)CCN2c2ccc(-c3cccc(C#N)n3)cc21. The zero-order valence-corrected chi connectivity index (χ0v) is 18.9. The lowest BCUT2D eigenvalue weighted by atomic mass is 9.90. The van der Waals surface area contributed by atoms with Gasteiger partial charge in [-0.1, -0.05) is 30.3 Å². The number of carbonyl (C=O) groups excluding carboxylic acids is 1. The molecule has 5 rings (SSSR count). The molecule has 2 unspecified atom stereocenters. The number of nitriles is 1. The number of amides is 1. The van der Waals surface area contributed by atoms with Gasteiger partial charge in [-0.2, -0.15) is 18.4 Å². The summed E-state index contributed by atoms with van der Waals surface area (Å²) in [6.07, 6.45) is -4.14. The van der Waals surface area contributed by atoms with E-state index in [1.807, 2.05) is 55.6 Å². The molecule has 3 heterocycles. The van der Waals surface area contributed by atoms with Crippen molar-refractivity contribution in [3.05, 3.63) is 71.9 Å². The molecule has 1 aromatic heterocycles. The van der Waals surface area contributed by atoms with Gasteiger partial charge in [0.2, 0.25) is 0 Å². The zero-order valence-electron chi connectivity index (χ0n) is 18.9. The van der Waals surface area contributed by atoms with E-state index in [1.54, 1.807) is 12.1 Å². The van der Waals surface area contributed by atoms with Crippen LogP contribution in [-0.2, 0) is 4.79 Å². The van der Waals surface area contributed by atoms with E-state index in [1.165, 1.54) is 0 Å². The van der Waals surface area contributed by atoms with Gasteiger partial charge >= 0.3 is 12.1 Å². The molecule has 1 fully saturated rings. The predicted molar refractivity (Wildman–Crippen MR) is 126 cm³/mol. The standard InChI is InChI=1S/C26H22F3N5O/c1-33-21-8-3-2-6-19(21)23-14-17(32-25(35)26(27,28)29)11-12-34(23)22-10-9-16(13-24(22)33)20-7-4-5-18(15-30)31-20/h2-10,13,17,23H,11-12,14H2,1H3,(H,32,35). The van der Waals surface area contributed by atoms with Gasteiger partial charge in [-0.15, -0.1) is 0 Å². The quantitative estimate of drug-likeness (QED) is 0.557. The normalized spacial score (nSPS) is 19.1. The predicted octanol–water partition coefficient (Wildman–Crippen LogP) is 5.09. The maximum atomic E-state index is 12.9. The first-order valence-corrected chi connectivity index (χ1v) is 11.2. The van der Waals surface area contributed by atoms with E-state index in [9.17, 15) is 23.2 Å². The number of hydrogen-bond donors (Lipinski definition) is 1. The fraction of sp³-hybridized carbons (Fsp3) is 0.269. The number of hydrogen-bond acceptors (Lipinski definition) is 5. The van der Waals surface area contributed by atoms with Gasteiger partial charge in [-0.05, 0) is 48.7 Å². The number of halogens is 3. The summed E-state index contributed by atoms with van der Waals surface area (Å²) in [5, 5.41) is 11.4. The van der Waals surface area contributed by atoms with Gasteiger partial charge in [-0.3, -0.25) is 4.79 Å². The molecule has 1 saturated heterocycles. The fourth-order valence-corrected chi connectivity index (χ4v) is 5.00. The Balaban J connectivity index is 1.56. The first-order valence-electron chi connectivity index (χ1n) is 11.2. The second-order valence-electron chi connectivity index (χ2n) is 8.74. The number of alkyl halides is 3. The van der Waals surface area contributed by atoms with Crippen molar-refractivity contribution in [3.63, 3.8) is 0 Å². The largest absolute Gasteiger partial charge is 0.471 e. The highest BCUT2D eigenvalue weighted by Crippen LogP contribution is 2.48. The van der Waals surface area contributed by atoms with Crippen LogP contribution >= 0.6 is 0 Å². The molecule has 35 heavy (non-hydrogen) atoms. The number of anilines is 3. The van der Waals surface area contributed by atoms with E-state index in [4.69, 9.17) is 0 Å². The third kappa shape index (κ3) is 4.16. The van der Waals surface area contributed by atoms with Crippen LogP contribution in [0.2, 0.25) is 0 Å². The molecule has 6 nitrogen and oxygen atoms in total. The fourth-order valence-electron chi connectivity index (χ4n) is 5.00. The Kier molecular flexibility index (Phi) is 5.59. The lowest BCUT2D eigenvalue weighted by Crippen LogP contribution is -2.49. The lowest BCUT2D eigenvalue weighted by Gasteiger charge is -2.41. The number of fused-ring (bicyclic) bond motifs is 5. The van der Waals surface area contributed by atoms with Crippen molar-refractivity contribution >= 4 is 23.0 Å². The molecule has 0 saturated carbocycles. The van der Waals surface area contributed by atoms with E-state index in [-0.39, 0.29) is 6.04 Å². The number of pyridine rings is 1. The molecular weight excluding hydrogens is 455 g/mol. The van der Waals surface area contributed by atoms with Gasteiger partial charge in [0.05, 0.1) is 23.1 Å². The second kappa shape index (κ2) is 8.62. The van der Waals surface area contributed by atoms with E-state index >= 15 is 0 Å². The molecule has 1 N–H and O–H groups in total. The summed E-state index contributed by atoms with van der Waals surface area (Å²) in [7, 11) is 1.96. The van der Waals surface area contributed by atoms with E-state index in [0.717, 1.165) is 28.2 Å². The summed E-state index contributed by atoms with van der Waals surface area (Å²) in [5.41, 5.74) is 5.69. The minimum atomic E-state index is -4.90. The molecular formula is C26H22F3N5O. The number of nitrogens with zero attached hydrogens (tertiary/aromatic N) is 4. The molecule has 178 valence electrons. The minimum absolute atomic E-state index is 0.201. The van der Waals surface area contributed by atoms with E-state index < -0.39 is 18.1 Å². The molecule has 2 aliphatic heterocycles. The molecule has 0 radical (unpaired) electrons. The summed E-state index contributed by atoms with van der Waals surface area (Å²) in [4.78, 5) is 20.3. The average Bonchev–Trinajstić information content (AvgIpc) is 2.96. The Hall–Kier alpha value is -4.06. The van der Waals surface area contributed by atoms with Gasteiger partial charge in [0, 0.05) is 30.9 Å². The Bertz CT molecular complexity index is 1330. The molecule has 2 aromatic carbocycles. The highest BCUT2D eigenvalue weighted by atomic mass is 19.4. The molecule has 1 amide bonds. The maximum absolute atomic E-state index is 12.9. The van der Waals surface area contributed by atoms with Crippen molar-refractivity contribution < 1.29 is 18.0 Å². The van der Waals surface area contributed by atoms with Crippen molar-refractivity contribution in [3.8, 4) is 17.3 Å². The minimum Gasteiger partial charge on any atom is -0.363 e. The first-order chi connectivity index (χ1) is 16.8. The van der Waals surface area contributed by atoms with Crippen LogP contribution in [0.3, 0.4) is 0 Å². The number of rotatable bonds is 2. The smallest absolute Gasteiger partial charge is 0.363 e. The summed E-state index contributed by atoms with van der Waals surface area (Å²) in [6.45, 7) is 0.490. The number of para-hydroxylation sites is 1.